The summed E-state index contributed by atoms with van der Waals surface area (Å²) in [6.45, 7) is 16.0. The molecule has 6 aromatic rings. The van der Waals surface area contributed by atoms with Gasteiger partial charge in [-0.05, 0) is 134 Å². The fourth-order valence-corrected chi connectivity index (χ4v) is 9.11. The van der Waals surface area contributed by atoms with Gasteiger partial charge in [0, 0.05) is 58.7 Å². The Bertz CT molecular complexity index is 2950. The molecule has 5 aromatic carbocycles. The highest BCUT2D eigenvalue weighted by atomic mass is 28.4. The van der Waals surface area contributed by atoms with Crippen molar-refractivity contribution >= 4 is 59.7 Å². The van der Waals surface area contributed by atoms with Crippen LogP contribution >= 0.6 is 0 Å². The minimum atomic E-state index is -2.23. The van der Waals surface area contributed by atoms with Gasteiger partial charge in [-0.1, -0.05) is 56.9 Å². The van der Waals surface area contributed by atoms with Gasteiger partial charge >= 0.3 is 0 Å². The van der Waals surface area contributed by atoms with Crippen LogP contribution in [0.4, 0.5) is 22.7 Å². The van der Waals surface area contributed by atoms with Gasteiger partial charge < -0.3 is 46.0 Å². The first-order valence-corrected chi connectivity index (χ1v) is 25.6. The number of benzene rings is 5. The SMILES string of the molecule is COc1cccc(Nc2c(C(N)=O)cnc3c(C)cc(Cc4cccc(C(=O)Nc5ccc(C#CCCCNC[C@H](O[Si](C)(C)C(C)(C)C)c6ccc(O)c7c6OCC(=O)N7)c(C)c5)c4)cc23)c1. The van der Waals surface area contributed by atoms with Crippen LogP contribution in [0.15, 0.2) is 97.2 Å². The highest BCUT2D eigenvalue weighted by molar-refractivity contribution is 6.74. The molecule has 0 unspecified atom stereocenters. The number of carbonyl (C=O) groups excluding carboxylic acids is 3. The molecule has 0 saturated heterocycles. The Hall–Kier alpha value is -7.18. The van der Waals surface area contributed by atoms with Crippen molar-refractivity contribution in [3.63, 3.8) is 0 Å². The molecule has 2 heterocycles. The molecule has 0 fully saturated rings. The zero-order chi connectivity index (χ0) is 48.8. The number of hydrogen-bond acceptors (Lipinski definition) is 10. The Morgan fingerprint density at radius 2 is 1.76 bits per heavy atom. The number of phenolic OH excluding ortho intramolecular Hbond substituents is 1. The van der Waals surface area contributed by atoms with Crippen molar-refractivity contribution < 1.29 is 33.4 Å². The molecule has 7 N–H and O–H groups in total. The molecule has 14 heteroatoms. The highest BCUT2D eigenvalue weighted by Gasteiger charge is 2.40. The molecule has 1 aliphatic heterocycles. The first-order chi connectivity index (χ1) is 32.4. The highest BCUT2D eigenvalue weighted by Crippen LogP contribution is 2.45. The number of ether oxygens (including phenoxy) is 2. The van der Waals surface area contributed by atoms with Gasteiger partial charge in [-0.15, -0.1) is 0 Å². The largest absolute Gasteiger partial charge is 0.506 e. The summed E-state index contributed by atoms with van der Waals surface area (Å²) in [5.41, 5.74) is 15.1. The summed E-state index contributed by atoms with van der Waals surface area (Å²) in [7, 11) is -0.627. The second-order valence-electron chi connectivity index (χ2n) is 18.6. The number of aryl methyl sites for hydroxylation is 2. The number of aromatic nitrogens is 1. The smallest absolute Gasteiger partial charge is 0.262 e. The van der Waals surface area contributed by atoms with Gasteiger partial charge in [0.2, 0.25) is 0 Å². The first-order valence-electron chi connectivity index (χ1n) is 22.7. The number of primary amides is 1. The standard InChI is InChI=1S/C54H60N6O7Si/c1-33-25-40(20-19-37(33)15-10-9-11-23-56-31-46(67-68(7,8)54(3,4)5)42-21-22-45(61)50-51(42)66-32-47(62)60-50)59-53(64)38-16-12-14-35(27-38)26-36-24-34(2)48-43(28-36)49(44(30-57-48)52(55)63)58-39-17-13-18-41(29-39)65-6/h12-14,16-22,24-25,27-30,46,56,61H,9,11,23,26,31-32H2,1-8H3,(H2,55,63)(H,57,58)(H,59,64)(H,60,62)/t46-/m0/s1. The van der Waals surface area contributed by atoms with E-state index < -0.39 is 14.2 Å². The average molecular weight is 933 g/mol. The number of fused-ring (bicyclic) bond motifs is 2. The van der Waals surface area contributed by atoms with Crippen LogP contribution in [-0.4, -0.2) is 62.9 Å². The number of unbranched alkanes of at least 4 members (excludes halogenated alkanes) is 1. The maximum absolute atomic E-state index is 13.6. The van der Waals surface area contributed by atoms with E-state index in [1.165, 1.54) is 6.20 Å². The van der Waals surface area contributed by atoms with Crippen molar-refractivity contribution in [3.05, 3.63) is 142 Å². The van der Waals surface area contributed by atoms with Crippen LogP contribution in [0.5, 0.6) is 17.2 Å². The summed E-state index contributed by atoms with van der Waals surface area (Å²) in [5.74, 6) is 6.52. The fraction of sp³-hybridized carbons (Fsp3) is 0.296. The predicted molar refractivity (Wildman–Crippen MR) is 272 cm³/mol. The topological polar surface area (TPSA) is 186 Å². The normalized spacial score (nSPS) is 12.8. The molecule has 0 spiro atoms. The van der Waals surface area contributed by atoms with Crippen molar-refractivity contribution in [1.82, 2.24) is 10.3 Å². The molecule has 7 rings (SSSR count). The molecule has 1 atom stereocenters. The van der Waals surface area contributed by atoms with Crippen molar-refractivity contribution in [3.8, 4) is 29.1 Å². The van der Waals surface area contributed by atoms with Crippen LogP contribution in [0.25, 0.3) is 10.9 Å². The van der Waals surface area contributed by atoms with Crippen molar-refractivity contribution in [2.75, 3.05) is 42.8 Å². The Morgan fingerprint density at radius 3 is 2.51 bits per heavy atom. The number of nitrogens with zero attached hydrogens (tertiary/aromatic N) is 1. The number of rotatable bonds is 16. The number of anilines is 4. The number of methoxy groups -OCH3 is 1. The Kier molecular flexibility index (Phi) is 14.9. The maximum Gasteiger partial charge on any atom is 0.262 e. The summed E-state index contributed by atoms with van der Waals surface area (Å²) in [4.78, 5) is 42.8. The molecule has 0 saturated carbocycles. The summed E-state index contributed by atoms with van der Waals surface area (Å²) in [6.07, 6.45) is 3.15. The van der Waals surface area contributed by atoms with Gasteiger partial charge in [-0.2, -0.15) is 0 Å². The van der Waals surface area contributed by atoms with Gasteiger partial charge in [0.25, 0.3) is 17.7 Å². The van der Waals surface area contributed by atoms with E-state index in [1.807, 2.05) is 86.6 Å². The van der Waals surface area contributed by atoms with E-state index in [-0.39, 0.29) is 46.6 Å². The number of amides is 3. The monoisotopic (exact) mass is 932 g/mol. The second-order valence-corrected chi connectivity index (χ2v) is 23.4. The molecule has 0 bridgehead atoms. The lowest BCUT2D eigenvalue weighted by Gasteiger charge is -2.40. The summed E-state index contributed by atoms with van der Waals surface area (Å²) >= 11 is 0. The van der Waals surface area contributed by atoms with Crippen molar-refractivity contribution in [1.29, 1.82) is 0 Å². The van der Waals surface area contributed by atoms with Crippen LogP contribution in [0.1, 0.15) is 93.8 Å². The zero-order valence-electron chi connectivity index (χ0n) is 40.0. The zero-order valence-corrected chi connectivity index (χ0v) is 41.0. The van der Waals surface area contributed by atoms with E-state index in [2.05, 4.69) is 78.0 Å². The molecule has 68 heavy (non-hydrogen) atoms. The van der Waals surface area contributed by atoms with Crippen LogP contribution in [0, 0.1) is 25.7 Å². The number of nitrogens with one attached hydrogen (secondary N) is 4. The summed E-state index contributed by atoms with van der Waals surface area (Å²) in [5, 5.41) is 23.9. The van der Waals surface area contributed by atoms with E-state index >= 15 is 0 Å². The molecule has 0 aliphatic carbocycles. The number of nitrogens with two attached hydrogens (primary N) is 1. The van der Waals surface area contributed by atoms with E-state index in [4.69, 9.17) is 19.6 Å². The molecule has 0 radical (unpaired) electrons. The van der Waals surface area contributed by atoms with Crippen LogP contribution in [0.2, 0.25) is 18.1 Å². The lowest BCUT2D eigenvalue weighted by atomic mass is 9.97. The third-order valence-corrected chi connectivity index (χ3v) is 17.0. The molecule has 1 aromatic heterocycles. The Labute approximate surface area is 399 Å². The van der Waals surface area contributed by atoms with Gasteiger partial charge in [0.15, 0.2) is 20.7 Å². The molecule has 352 valence electrons. The number of aromatic hydroxyl groups is 1. The van der Waals surface area contributed by atoms with Gasteiger partial charge in [0.05, 0.1) is 30.0 Å². The molecule has 3 amide bonds. The van der Waals surface area contributed by atoms with Gasteiger partial charge in [0.1, 0.15) is 17.2 Å². The van der Waals surface area contributed by atoms with E-state index in [1.54, 1.807) is 19.2 Å². The van der Waals surface area contributed by atoms with Crippen LogP contribution in [-0.2, 0) is 15.6 Å². The van der Waals surface area contributed by atoms with E-state index in [0.29, 0.717) is 54.4 Å². The maximum atomic E-state index is 13.6. The van der Waals surface area contributed by atoms with E-state index in [0.717, 1.165) is 56.4 Å². The lowest BCUT2D eigenvalue weighted by molar-refractivity contribution is -0.118. The summed E-state index contributed by atoms with van der Waals surface area (Å²) in [6, 6.07) is 28.2. The lowest BCUT2D eigenvalue weighted by Crippen LogP contribution is -2.43. The van der Waals surface area contributed by atoms with Gasteiger partial charge in [-0.3, -0.25) is 19.4 Å². The number of hydrogen-bond donors (Lipinski definition) is 6. The molecular formula is C54H60N6O7Si. The number of carbonyl (C=O) groups is 3. The Balaban J connectivity index is 0.963. The predicted octanol–water partition coefficient (Wildman–Crippen LogP) is 10.1. The molecule has 13 nitrogen and oxygen atoms in total. The quantitative estimate of drug-likeness (QED) is 0.0236. The number of phenols is 1. The number of pyridine rings is 1. The Morgan fingerprint density at radius 1 is 0.971 bits per heavy atom. The second kappa shape index (κ2) is 20.8. The minimum absolute atomic E-state index is 0.0362. The van der Waals surface area contributed by atoms with E-state index in [9.17, 15) is 19.5 Å². The van der Waals surface area contributed by atoms with Crippen LogP contribution < -0.4 is 36.5 Å². The van der Waals surface area contributed by atoms with Crippen LogP contribution in [0.3, 0.4) is 0 Å². The van der Waals surface area contributed by atoms with Gasteiger partial charge in [-0.25, -0.2) is 0 Å². The van der Waals surface area contributed by atoms with Crippen molar-refractivity contribution in [2.45, 2.75) is 78.1 Å². The fourth-order valence-electron chi connectivity index (χ4n) is 7.84. The summed E-state index contributed by atoms with van der Waals surface area (Å²) < 4.78 is 18.1. The molecule has 1 aliphatic rings. The molecular weight excluding hydrogens is 873 g/mol. The first kappa shape index (κ1) is 48.7. The minimum Gasteiger partial charge on any atom is -0.506 e. The van der Waals surface area contributed by atoms with Crippen molar-refractivity contribution in [2.24, 2.45) is 5.73 Å². The average Bonchev–Trinajstić information content (AvgIpc) is 3.29. The third kappa shape index (κ3) is 11.5. The third-order valence-electron chi connectivity index (χ3n) is 12.5.